The van der Waals surface area contributed by atoms with E-state index >= 15 is 0 Å². The number of likely N-dealkylation sites (N-methyl/N-ethyl adjacent to an activating group) is 1. The summed E-state index contributed by atoms with van der Waals surface area (Å²) in [6, 6.07) is 0. The van der Waals surface area contributed by atoms with E-state index in [9.17, 15) is 5.11 Å². The summed E-state index contributed by atoms with van der Waals surface area (Å²) < 4.78 is 0. The van der Waals surface area contributed by atoms with E-state index in [1.165, 1.54) is 12.8 Å². The molecule has 1 saturated carbocycles. The lowest BCUT2D eigenvalue weighted by atomic mass is 9.67. The Kier molecular flexibility index (Phi) is 6.96. The fraction of sp³-hybridized carbons (Fsp3) is 1.00. The third kappa shape index (κ3) is 5.01. The molecule has 1 rings (SSSR count). The number of nitrogens with zero attached hydrogens (tertiary/aromatic N) is 1. The fourth-order valence-corrected chi connectivity index (χ4v) is 3.45. The van der Waals surface area contributed by atoms with Gasteiger partial charge in [-0.1, -0.05) is 34.6 Å². The highest BCUT2D eigenvalue weighted by molar-refractivity contribution is 4.94. The van der Waals surface area contributed by atoms with Crippen LogP contribution < -0.4 is 5.32 Å². The maximum atomic E-state index is 9.83. The summed E-state index contributed by atoms with van der Waals surface area (Å²) in [6.45, 7) is 16.0. The molecule has 1 fully saturated rings. The average Bonchev–Trinajstić information content (AvgIpc) is 2.43. The largest absolute Gasteiger partial charge is 0.394 e. The summed E-state index contributed by atoms with van der Waals surface area (Å²) in [4.78, 5) is 2.43. The molecule has 0 aromatic carbocycles. The Balaban J connectivity index is 2.42. The van der Waals surface area contributed by atoms with Crippen LogP contribution in [-0.4, -0.2) is 48.3 Å². The van der Waals surface area contributed by atoms with Gasteiger partial charge in [0.1, 0.15) is 0 Å². The Bertz CT molecular complexity index is 261. The molecule has 0 heterocycles. The number of aliphatic hydroxyl groups is 1. The SMILES string of the molecule is CCN(CC)CCNC1(CO)CCC(C(C)(C)C)CC1. The molecule has 1 aliphatic carbocycles. The molecule has 120 valence electrons. The summed E-state index contributed by atoms with van der Waals surface area (Å²) in [5.74, 6) is 0.798. The van der Waals surface area contributed by atoms with Gasteiger partial charge in [0.2, 0.25) is 0 Å². The molecule has 0 spiro atoms. The zero-order chi connectivity index (χ0) is 15.2. The molecule has 20 heavy (non-hydrogen) atoms. The van der Waals surface area contributed by atoms with Crippen molar-refractivity contribution in [3.05, 3.63) is 0 Å². The number of rotatable bonds is 7. The first kappa shape index (κ1) is 17.9. The van der Waals surface area contributed by atoms with Crippen LogP contribution in [0.25, 0.3) is 0 Å². The van der Waals surface area contributed by atoms with Gasteiger partial charge < -0.3 is 15.3 Å². The van der Waals surface area contributed by atoms with Crippen molar-refractivity contribution in [3.8, 4) is 0 Å². The molecule has 0 unspecified atom stereocenters. The van der Waals surface area contributed by atoms with Gasteiger partial charge in [0.15, 0.2) is 0 Å². The van der Waals surface area contributed by atoms with E-state index in [2.05, 4.69) is 44.8 Å². The summed E-state index contributed by atoms with van der Waals surface area (Å²) in [5, 5.41) is 13.5. The van der Waals surface area contributed by atoms with Crippen molar-refractivity contribution in [3.63, 3.8) is 0 Å². The van der Waals surface area contributed by atoms with Crippen molar-refractivity contribution < 1.29 is 5.11 Å². The highest BCUT2D eigenvalue weighted by Crippen LogP contribution is 2.41. The van der Waals surface area contributed by atoms with Gasteiger partial charge in [-0.25, -0.2) is 0 Å². The van der Waals surface area contributed by atoms with Crippen LogP contribution in [0.2, 0.25) is 0 Å². The second-order valence-corrected chi connectivity index (χ2v) is 7.53. The quantitative estimate of drug-likeness (QED) is 0.754. The summed E-state index contributed by atoms with van der Waals surface area (Å²) >= 11 is 0. The zero-order valence-corrected chi connectivity index (χ0v) is 14.3. The van der Waals surface area contributed by atoms with E-state index in [0.29, 0.717) is 5.41 Å². The van der Waals surface area contributed by atoms with Gasteiger partial charge in [-0.3, -0.25) is 0 Å². The first-order valence-electron chi connectivity index (χ1n) is 8.45. The van der Waals surface area contributed by atoms with Crippen molar-refractivity contribution >= 4 is 0 Å². The summed E-state index contributed by atoms with van der Waals surface area (Å²) in [6.07, 6.45) is 4.71. The molecule has 3 heteroatoms. The fourth-order valence-electron chi connectivity index (χ4n) is 3.45. The maximum Gasteiger partial charge on any atom is 0.0613 e. The molecule has 0 bridgehead atoms. The summed E-state index contributed by atoms with van der Waals surface area (Å²) in [5.41, 5.74) is 0.387. The Morgan fingerprint density at radius 3 is 2.10 bits per heavy atom. The number of aliphatic hydroxyl groups excluding tert-OH is 1. The lowest BCUT2D eigenvalue weighted by Gasteiger charge is -2.44. The van der Waals surface area contributed by atoms with Crippen LogP contribution in [0.4, 0.5) is 0 Å². The minimum Gasteiger partial charge on any atom is -0.394 e. The van der Waals surface area contributed by atoms with Crippen LogP contribution in [0.15, 0.2) is 0 Å². The first-order valence-corrected chi connectivity index (χ1v) is 8.45. The highest BCUT2D eigenvalue weighted by atomic mass is 16.3. The normalized spacial score (nSPS) is 28.1. The predicted octanol–water partition coefficient (Wildman–Crippen LogP) is 2.89. The van der Waals surface area contributed by atoms with Crippen molar-refractivity contribution in [1.29, 1.82) is 0 Å². The zero-order valence-electron chi connectivity index (χ0n) is 14.3. The summed E-state index contributed by atoms with van der Waals surface area (Å²) in [7, 11) is 0. The predicted molar refractivity (Wildman–Crippen MR) is 87.0 cm³/mol. The molecular formula is C17H36N2O. The van der Waals surface area contributed by atoms with Crippen LogP contribution >= 0.6 is 0 Å². The third-order valence-electron chi connectivity index (χ3n) is 5.29. The molecule has 2 N–H and O–H groups in total. The third-order valence-corrected chi connectivity index (χ3v) is 5.29. The van der Waals surface area contributed by atoms with Crippen molar-refractivity contribution in [2.75, 3.05) is 32.8 Å². The van der Waals surface area contributed by atoms with Gasteiger partial charge in [-0.15, -0.1) is 0 Å². The molecule has 1 aliphatic rings. The molecule has 0 aromatic heterocycles. The van der Waals surface area contributed by atoms with E-state index in [4.69, 9.17) is 0 Å². The smallest absolute Gasteiger partial charge is 0.0613 e. The van der Waals surface area contributed by atoms with Gasteiger partial charge in [-0.05, 0) is 50.1 Å². The van der Waals surface area contributed by atoms with E-state index < -0.39 is 0 Å². The molecule has 0 atom stereocenters. The van der Waals surface area contributed by atoms with E-state index in [1.54, 1.807) is 0 Å². The number of nitrogens with one attached hydrogen (secondary N) is 1. The topological polar surface area (TPSA) is 35.5 Å². The minimum absolute atomic E-state index is 0.0189. The van der Waals surface area contributed by atoms with Gasteiger partial charge in [0.05, 0.1) is 6.61 Å². The van der Waals surface area contributed by atoms with Crippen molar-refractivity contribution in [2.45, 2.75) is 65.8 Å². The van der Waals surface area contributed by atoms with Crippen LogP contribution in [-0.2, 0) is 0 Å². The van der Waals surface area contributed by atoms with E-state index in [-0.39, 0.29) is 12.1 Å². The van der Waals surface area contributed by atoms with E-state index in [0.717, 1.165) is 44.9 Å². The Morgan fingerprint density at radius 1 is 1.15 bits per heavy atom. The highest BCUT2D eigenvalue weighted by Gasteiger charge is 2.37. The lowest BCUT2D eigenvalue weighted by molar-refractivity contribution is 0.0674. The maximum absolute atomic E-state index is 9.83. The minimum atomic E-state index is -0.0189. The second-order valence-electron chi connectivity index (χ2n) is 7.53. The van der Waals surface area contributed by atoms with Gasteiger partial charge in [0.25, 0.3) is 0 Å². The molecule has 0 saturated heterocycles. The standard InChI is InChI=1S/C17H36N2O/c1-6-19(7-2)13-12-18-17(14-20)10-8-15(9-11-17)16(3,4)5/h15,18,20H,6-14H2,1-5H3. The van der Waals surface area contributed by atoms with Gasteiger partial charge in [-0.2, -0.15) is 0 Å². The van der Waals surface area contributed by atoms with Crippen LogP contribution in [0.5, 0.6) is 0 Å². The molecule has 0 radical (unpaired) electrons. The Morgan fingerprint density at radius 2 is 1.70 bits per heavy atom. The number of hydrogen-bond acceptors (Lipinski definition) is 3. The van der Waals surface area contributed by atoms with Crippen molar-refractivity contribution in [2.24, 2.45) is 11.3 Å². The second kappa shape index (κ2) is 7.77. The Hall–Kier alpha value is -0.120. The van der Waals surface area contributed by atoms with E-state index in [1.807, 2.05) is 0 Å². The lowest BCUT2D eigenvalue weighted by Crippen LogP contribution is -2.53. The van der Waals surface area contributed by atoms with Crippen molar-refractivity contribution in [1.82, 2.24) is 10.2 Å². The molecular weight excluding hydrogens is 248 g/mol. The Labute approximate surface area is 126 Å². The first-order chi connectivity index (χ1) is 9.37. The van der Waals surface area contributed by atoms with Gasteiger partial charge in [0, 0.05) is 18.6 Å². The molecule has 3 nitrogen and oxygen atoms in total. The van der Waals surface area contributed by atoms with Crippen LogP contribution in [0, 0.1) is 11.3 Å². The van der Waals surface area contributed by atoms with Crippen LogP contribution in [0.3, 0.4) is 0 Å². The molecule has 0 aliphatic heterocycles. The molecule has 0 aromatic rings. The number of hydrogen-bond donors (Lipinski definition) is 2. The average molecular weight is 284 g/mol. The van der Waals surface area contributed by atoms with Gasteiger partial charge >= 0.3 is 0 Å². The molecule has 0 amide bonds. The monoisotopic (exact) mass is 284 g/mol. The van der Waals surface area contributed by atoms with Crippen LogP contribution in [0.1, 0.15) is 60.3 Å².